The first-order valence-electron chi connectivity index (χ1n) is 9.05. The van der Waals surface area contributed by atoms with Crippen molar-refractivity contribution in [3.05, 3.63) is 58.8 Å². The first kappa shape index (κ1) is 16.7. The minimum atomic E-state index is -4.12. The number of benzene rings is 1. The molecule has 1 saturated heterocycles. The minimum absolute atomic E-state index is 0.228. The van der Waals surface area contributed by atoms with Crippen LogP contribution < -0.4 is 0 Å². The van der Waals surface area contributed by atoms with Gasteiger partial charge >= 0.3 is 6.18 Å². The summed E-state index contributed by atoms with van der Waals surface area (Å²) >= 11 is 0. The normalized spacial score (nSPS) is 23.9. The van der Waals surface area contributed by atoms with Crippen LogP contribution in [-0.4, -0.2) is 41.7 Å². The van der Waals surface area contributed by atoms with E-state index in [1.165, 1.54) is 16.8 Å². The van der Waals surface area contributed by atoms with Gasteiger partial charge in [0.25, 0.3) is 0 Å². The molecule has 3 aliphatic rings. The van der Waals surface area contributed by atoms with E-state index in [1.54, 1.807) is 4.90 Å². The van der Waals surface area contributed by atoms with E-state index < -0.39 is 12.2 Å². The highest BCUT2D eigenvalue weighted by Gasteiger charge is 2.45. The van der Waals surface area contributed by atoms with Gasteiger partial charge in [-0.1, -0.05) is 24.3 Å². The average molecular weight is 348 g/mol. The van der Waals surface area contributed by atoms with Crippen molar-refractivity contribution in [2.24, 2.45) is 0 Å². The van der Waals surface area contributed by atoms with Crippen LogP contribution in [0.2, 0.25) is 0 Å². The summed E-state index contributed by atoms with van der Waals surface area (Å²) in [5, 5.41) is 0. The van der Waals surface area contributed by atoms with E-state index >= 15 is 0 Å². The van der Waals surface area contributed by atoms with Crippen LogP contribution in [0.1, 0.15) is 29.5 Å². The van der Waals surface area contributed by atoms with Crippen molar-refractivity contribution in [3.63, 3.8) is 0 Å². The van der Waals surface area contributed by atoms with E-state index in [2.05, 4.69) is 35.3 Å². The second-order valence-electron chi connectivity index (χ2n) is 7.21. The molecule has 0 aromatic heterocycles. The van der Waals surface area contributed by atoms with Gasteiger partial charge in [-0.05, 0) is 61.1 Å². The lowest BCUT2D eigenvalue weighted by Gasteiger charge is -2.26. The fourth-order valence-electron chi connectivity index (χ4n) is 4.15. The van der Waals surface area contributed by atoms with Crippen LogP contribution in [0.15, 0.2) is 42.1 Å². The monoisotopic (exact) mass is 348 g/mol. The summed E-state index contributed by atoms with van der Waals surface area (Å²) in [7, 11) is 0. The fourth-order valence-corrected chi connectivity index (χ4v) is 4.15. The van der Waals surface area contributed by atoms with E-state index in [0.717, 1.165) is 31.5 Å². The lowest BCUT2D eigenvalue weighted by molar-refractivity contribution is -0.177. The van der Waals surface area contributed by atoms with Crippen LogP contribution in [0, 0.1) is 0 Å². The topological polar surface area (TPSA) is 6.48 Å². The number of hydrogen-bond donors (Lipinski definition) is 0. The third-order valence-corrected chi connectivity index (χ3v) is 5.60. The molecule has 0 saturated carbocycles. The van der Waals surface area contributed by atoms with Crippen LogP contribution in [0.5, 0.6) is 0 Å². The van der Waals surface area contributed by atoms with Gasteiger partial charge in [0.2, 0.25) is 0 Å². The molecule has 1 atom stereocenters. The summed E-state index contributed by atoms with van der Waals surface area (Å²) in [4.78, 5) is 3.98. The summed E-state index contributed by atoms with van der Waals surface area (Å²) in [6, 6.07) is 5.00. The van der Waals surface area contributed by atoms with Crippen LogP contribution in [0.25, 0.3) is 0 Å². The summed E-state index contributed by atoms with van der Waals surface area (Å²) in [5.41, 5.74) is 4.93. The molecule has 0 bridgehead atoms. The number of allylic oxidation sites excluding steroid dienone is 3. The molecule has 1 unspecified atom stereocenters. The molecule has 0 spiro atoms. The molecular weight excluding hydrogens is 325 g/mol. The summed E-state index contributed by atoms with van der Waals surface area (Å²) < 4.78 is 39.4. The Morgan fingerprint density at radius 3 is 2.48 bits per heavy atom. The van der Waals surface area contributed by atoms with Crippen molar-refractivity contribution in [2.75, 3.05) is 19.6 Å². The molecule has 0 amide bonds. The van der Waals surface area contributed by atoms with Crippen LogP contribution >= 0.6 is 0 Å². The van der Waals surface area contributed by atoms with Gasteiger partial charge in [0.1, 0.15) is 6.04 Å². The van der Waals surface area contributed by atoms with Crippen molar-refractivity contribution in [3.8, 4) is 0 Å². The molecule has 1 aliphatic carbocycles. The molecular formula is C20H23F3N2. The Balaban J connectivity index is 1.46. The first-order valence-corrected chi connectivity index (χ1v) is 9.05. The number of nitrogens with zero attached hydrogens (tertiary/aromatic N) is 2. The maximum atomic E-state index is 13.1. The molecule has 2 aliphatic heterocycles. The molecule has 0 N–H and O–H groups in total. The minimum Gasteiger partial charge on any atom is -0.371 e. The maximum absolute atomic E-state index is 13.1. The highest BCUT2D eigenvalue weighted by molar-refractivity contribution is 5.37. The number of alkyl halides is 3. The van der Waals surface area contributed by atoms with Gasteiger partial charge in [-0.25, -0.2) is 0 Å². The molecule has 4 rings (SSSR count). The second kappa shape index (κ2) is 6.52. The van der Waals surface area contributed by atoms with E-state index in [9.17, 15) is 13.2 Å². The molecule has 0 radical (unpaired) electrons. The van der Waals surface area contributed by atoms with Gasteiger partial charge in [0, 0.05) is 25.3 Å². The lowest BCUT2D eigenvalue weighted by Crippen LogP contribution is -2.40. The SMILES string of the molecule is FC(F)(F)C1CCCN1Cc1ccc2c(c1)CCN(C1=CC=C1)CC2. The summed E-state index contributed by atoms with van der Waals surface area (Å²) in [5.74, 6) is 0. The Morgan fingerprint density at radius 1 is 1.04 bits per heavy atom. The van der Waals surface area contributed by atoms with Crippen LogP contribution in [-0.2, 0) is 19.4 Å². The second-order valence-corrected chi connectivity index (χ2v) is 7.21. The number of likely N-dealkylation sites (tertiary alicyclic amines) is 1. The molecule has 1 fully saturated rings. The zero-order valence-corrected chi connectivity index (χ0v) is 14.2. The van der Waals surface area contributed by atoms with Crippen LogP contribution in [0.3, 0.4) is 0 Å². The van der Waals surface area contributed by atoms with Crippen molar-refractivity contribution >= 4 is 0 Å². The van der Waals surface area contributed by atoms with Crippen molar-refractivity contribution in [1.29, 1.82) is 0 Å². The molecule has 5 heteroatoms. The quantitative estimate of drug-likeness (QED) is 0.813. The van der Waals surface area contributed by atoms with E-state index in [1.807, 2.05) is 6.07 Å². The largest absolute Gasteiger partial charge is 0.404 e. The van der Waals surface area contributed by atoms with E-state index in [0.29, 0.717) is 19.5 Å². The van der Waals surface area contributed by atoms with Crippen molar-refractivity contribution in [1.82, 2.24) is 9.80 Å². The average Bonchev–Trinajstić information content (AvgIpc) is 2.88. The highest BCUT2D eigenvalue weighted by atomic mass is 19.4. The van der Waals surface area contributed by atoms with Gasteiger partial charge in [-0.2, -0.15) is 13.2 Å². The third-order valence-electron chi connectivity index (χ3n) is 5.60. The van der Waals surface area contributed by atoms with E-state index in [4.69, 9.17) is 0 Å². The van der Waals surface area contributed by atoms with Gasteiger partial charge in [0.05, 0.1) is 0 Å². The predicted molar refractivity (Wildman–Crippen MR) is 92.1 cm³/mol. The van der Waals surface area contributed by atoms with Gasteiger partial charge < -0.3 is 4.90 Å². The van der Waals surface area contributed by atoms with E-state index in [-0.39, 0.29) is 6.42 Å². The standard InChI is InChI=1S/C20H23F3N2/c21-20(22,23)19-5-2-10-25(19)14-15-6-7-16-8-11-24(18-3-1-4-18)12-9-17(16)13-15/h1,3-4,6-7,13,19H,2,5,8-12,14H2. The van der Waals surface area contributed by atoms with Crippen molar-refractivity contribution < 1.29 is 13.2 Å². The number of fused-ring (bicyclic) bond motifs is 1. The molecule has 134 valence electrons. The zero-order chi connectivity index (χ0) is 17.4. The Kier molecular flexibility index (Phi) is 4.36. The fraction of sp³-hybridized carbons (Fsp3) is 0.500. The molecule has 1 aromatic rings. The number of rotatable bonds is 3. The third kappa shape index (κ3) is 3.47. The lowest BCUT2D eigenvalue weighted by atomic mass is 10.00. The molecule has 25 heavy (non-hydrogen) atoms. The highest BCUT2D eigenvalue weighted by Crippen LogP contribution is 2.34. The zero-order valence-electron chi connectivity index (χ0n) is 14.2. The molecule has 2 nitrogen and oxygen atoms in total. The maximum Gasteiger partial charge on any atom is 0.404 e. The number of halogens is 3. The smallest absolute Gasteiger partial charge is 0.371 e. The van der Waals surface area contributed by atoms with Gasteiger partial charge in [0.15, 0.2) is 0 Å². The Hall–Kier alpha value is -1.75. The molecule has 1 aromatic carbocycles. The first-order chi connectivity index (χ1) is 12.0. The Bertz CT molecular complexity index is 705. The molecule has 2 heterocycles. The Labute approximate surface area is 146 Å². The predicted octanol–water partition coefficient (Wildman–Crippen LogP) is 4.07. The number of hydrogen-bond acceptors (Lipinski definition) is 2. The summed E-state index contributed by atoms with van der Waals surface area (Å²) in [6.45, 7) is 2.91. The Morgan fingerprint density at radius 2 is 1.80 bits per heavy atom. The van der Waals surface area contributed by atoms with Crippen LogP contribution in [0.4, 0.5) is 13.2 Å². The van der Waals surface area contributed by atoms with Gasteiger partial charge in [-0.3, -0.25) is 4.90 Å². The van der Waals surface area contributed by atoms with Gasteiger partial charge in [-0.15, -0.1) is 0 Å². The van der Waals surface area contributed by atoms with Crippen molar-refractivity contribution in [2.45, 2.75) is 44.4 Å². The summed E-state index contributed by atoms with van der Waals surface area (Å²) in [6.07, 6.45) is 5.01.